The van der Waals surface area contributed by atoms with Crippen molar-refractivity contribution in [2.45, 2.75) is 26.9 Å². The van der Waals surface area contributed by atoms with E-state index in [2.05, 4.69) is 4.98 Å². The number of esters is 2. The fraction of sp³-hybridized carbons (Fsp3) is 0.261. The molecule has 0 radical (unpaired) electrons. The summed E-state index contributed by atoms with van der Waals surface area (Å²) in [7, 11) is 1.27. The fourth-order valence-electron chi connectivity index (χ4n) is 3.29. The van der Waals surface area contributed by atoms with E-state index in [4.69, 9.17) is 14.2 Å². The van der Waals surface area contributed by atoms with Gasteiger partial charge in [-0.25, -0.2) is 9.59 Å². The Kier molecular flexibility index (Phi) is 6.20. The van der Waals surface area contributed by atoms with Crippen LogP contribution in [0.25, 0.3) is 10.8 Å². The Bertz CT molecular complexity index is 1110. The lowest BCUT2D eigenvalue weighted by atomic mass is 10.1. The molecule has 7 nitrogen and oxygen atoms in total. The number of Topliss-reactive ketones (excluding diaryl/α,β-unsaturated/α-hetero) is 1. The highest BCUT2D eigenvalue weighted by molar-refractivity contribution is 6.04. The number of fused-ring (bicyclic) bond motifs is 1. The summed E-state index contributed by atoms with van der Waals surface area (Å²) in [6.45, 7) is 4.46. The summed E-state index contributed by atoms with van der Waals surface area (Å²) in [6.07, 6.45) is -1.04. The van der Waals surface area contributed by atoms with E-state index in [-0.39, 0.29) is 12.3 Å². The summed E-state index contributed by atoms with van der Waals surface area (Å²) >= 11 is 0. The van der Waals surface area contributed by atoms with Crippen molar-refractivity contribution in [3.8, 4) is 5.75 Å². The monoisotopic (exact) mass is 409 g/mol. The molecule has 0 spiro atoms. The molecule has 0 aliphatic heterocycles. The standard InChI is InChI=1S/C23H23NO6/c1-13-20(23(27)28-4)14(2)24-21(13)22(26)15(3)30-19(25)12-29-18-10-9-16-7-5-6-8-17(16)11-18/h5-11,15,24H,12H2,1-4H3/t15-/m0/s1. The molecule has 0 aliphatic rings. The summed E-state index contributed by atoms with van der Waals surface area (Å²) in [5, 5.41) is 2.06. The lowest BCUT2D eigenvalue weighted by Gasteiger charge is -2.13. The van der Waals surface area contributed by atoms with E-state index in [1.54, 1.807) is 19.9 Å². The van der Waals surface area contributed by atoms with E-state index in [0.29, 0.717) is 22.6 Å². The smallest absolute Gasteiger partial charge is 0.344 e. The number of rotatable bonds is 7. The van der Waals surface area contributed by atoms with Gasteiger partial charge in [-0.2, -0.15) is 0 Å². The maximum Gasteiger partial charge on any atom is 0.344 e. The zero-order valence-electron chi connectivity index (χ0n) is 17.3. The summed E-state index contributed by atoms with van der Waals surface area (Å²) in [6, 6.07) is 13.3. The topological polar surface area (TPSA) is 94.7 Å². The van der Waals surface area contributed by atoms with Crippen molar-refractivity contribution < 1.29 is 28.6 Å². The van der Waals surface area contributed by atoms with Crippen molar-refractivity contribution >= 4 is 28.5 Å². The molecular weight excluding hydrogens is 386 g/mol. The number of ether oxygens (including phenoxy) is 3. The number of nitrogens with one attached hydrogen (secondary N) is 1. The quantitative estimate of drug-likeness (QED) is 0.472. The number of aromatic amines is 1. The Morgan fingerprint density at radius 1 is 1.03 bits per heavy atom. The molecule has 7 heteroatoms. The number of hydrogen-bond donors (Lipinski definition) is 1. The number of H-pyrrole nitrogens is 1. The lowest BCUT2D eigenvalue weighted by Crippen LogP contribution is -2.28. The number of methoxy groups -OCH3 is 1. The molecule has 2 aromatic carbocycles. The SMILES string of the molecule is COC(=O)c1c(C)[nH]c(C(=O)[C@H](C)OC(=O)COc2ccc3ccccc3c2)c1C. The second-order valence-corrected chi connectivity index (χ2v) is 6.91. The van der Waals surface area contributed by atoms with Crippen LogP contribution in [-0.2, 0) is 14.3 Å². The lowest BCUT2D eigenvalue weighted by molar-refractivity contribution is -0.148. The molecule has 156 valence electrons. The van der Waals surface area contributed by atoms with Crippen LogP contribution in [0.3, 0.4) is 0 Å². The van der Waals surface area contributed by atoms with Crippen LogP contribution in [0.4, 0.5) is 0 Å². The van der Waals surface area contributed by atoms with Crippen LogP contribution >= 0.6 is 0 Å². The molecule has 3 rings (SSSR count). The second kappa shape index (κ2) is 8.82. The predicted octanol–water partition coefficient (Wildman–Crippen LogP) is 3.76. The number of aryl methyl sites for hydroxylation is 1. The molecule has 0 aliphatic carbocycles. The Balaban J connectivity index is 1.62. The minimum atomic E-state index is -1.04. The van der Waals surface area contributed by atoms with Crippen LogP contribution in [0, 0.1) is 13.8 Å². The van der Waals surface area contributed by atoms with Crippen LogP contribution in [0.5, 0.6) is 5.75 Å². The number of carbonyl (C=O) groups is 3. The molecule has 0 bridgehead atoms. The van der Waals surface area contributed by atoms with Crippen molar-refractivity contribution in [2.24, 2.45) is 0 Å². The Morgan fingerprint density at radius 3 is 2.43 bits per heavy atom. The van der Waals surface area contributed by atoms with E-state index >= 15 is 0 Å². The third-order valence-electron chi connectivity index (χ3n) is 4.83. The van der Waals surface area contributed by atoms with Gasteiger partial charge in [-0.05, 0) is 49.2 Å². The first-order valence-corrected chi connectivity index (χ1v) is 9.44. The van der Waals surface area contributed by atoms with Crippen LogP contribution in [0.1, 0.15) is 39.0 Å². The second-order valence-electron chi connectivity index (χ2n) is 6.91. The van der Waals surface area contributed by atoms with E-state index in [9.17, 15) is 14.4 Å². The number of benzene rings is 2. The fourth-order valence-corrected chi connectivity index (χ4v) is 3.29. The summed E-state index contributed by atoms with van der Waals surface area (Å²) in [5.74, 6) is -1.11. The molecular formula is C23H23NO6. The summed E-state index contributed by atoms with van der Waals surface area (Å²) in [5.41, 5.74) is 1.49. The average molecular weight is 409 g/mol. The van der Waals surface area contributed by atoms with Crippen LogP contribution in [0.2, 0.25) is 0 Å². The van der Waals surface area contributed by atoms with Crippen molar-refractivity contribution in [3.05, 3.63) is 65.0 Å². The molecule has 0 fully saturated rings. The van der Waals surface area contributed by atoms with E-state index in [1.165, 1.54) is 14.0 Å². The highest BCUT2D eigenvalue weighted by Gasteiger charge is 2.27. The average Bonchev–Trinajstić information content (AvgIpc) is 3.04. The first kappa shape index (κ1) is 21.1. The molecule has 0 amide bonds. The number of ketones is 1. The van der Waals surface area contributed by atoms with Gasteiger partial charge in [0.1, 0.15) is 5.75 Å². The van der Waals surface area contributed by atoms with E-state index in [1.807, 2.05) is 36.4 Å². The van der Waals surface area contributed by atoms with Crippen LogP contribution < -0.4 is 4.74 Å². The first-order chi connectivity index (χ1) is 14.3. The molecule has 0 saturated heterocycles. The Labute approximate surface area is 173 Å². The van der Waals surface area contributed by atoms with Crippen molar-refractivity contribution in [3.63, 3.8) is 0 Å². The largest absolute Gasteiger partial charge is 0.482 e. The zero-order chi connectivity index (χ0) is 21.8. The van der Waals surface area contributed by atoms with Gasteiger partial charge in [0.25, 0.3) is 0 Å². The normalized spacial score (nSPS) is 11.7. The third-order valence-corrected chi connectivity index (χ3v) is 4.83. The van der Waals surface area contributed by atoms with Crippen LogP contribution in [0.15, 0.2) is 42.5 Å². The molecule has 3 aromatic rings. The van der Waals surface area contributed by atoms with Gasteiger partial charge in [0, 0.05) is 5.69 Å². The summed E-state index contributed by atoms with van der Waals surface area (Å²) in [4.78, 5) is 39.6. The van der Waals surface area contributed by atoms with Crippen molar-refractivity contribution in [1.29, 1.82) is 0 Å². The number of hydrogen-bond acceptors (Lipinski definition) is 6. The first-order valence-electron chi connectivity index (χ1n) is 9.44. The van der Waals surface area contributed by atoms with Gasteiger partial charge in [0.05, 0.1) is 18.4 Å². The maximum atomic E-state index is 12.7. The van der Waals surface area contributed by atoms with Gasteiger partial charge in [0.15, 0.2) is 12.7 Å². The molecule has 0 unspecified atom stereocenters. The predicted molar refractivity (Wildman–Crippen MR) is 111 cm³/mol. The zero-order valence-corrected chi connectivity index (χ0v) is 17.3. The third kappa shape index (κ3) is 4.35. The highest BCUT2D eigenvalue weighted by atomic mass is 16.6. The van der Waals surface area contributed by atoms with Crippen molar-refractivity contribution in [1.82, 2.24) is 4.98 Å². The highest BCUT2D eigenvalue weighted by Crippen LogP contribution is 2.22. The van der Waals surface area contributed by atoms with Gasteiger partial charge in [0.2, 0.25) is 5.78 Å². The number of carbonyl (C=O) groups excluding carboxylic acids is 3. The minimum absolute atomic E-state index is 0.212. The molecule has 1 heterocycles. The van der Waals surface area contributed by atoms with Crippen molar-refractivity contribution in [2.75, 3.05) is 13.7 Å². The molecule has 30 heavy (non-hydrogen) atoms. The molecule has 1 N–H and O–H groups in total. The van der Waals surface area contributed by atoms with Gasteiger partial charge in [-0.15, -0.1) is 0 Å². The summed E-state index contributed by atoms with van der Waals surface area (Å²) < 4.78 is 15.5. The van der Waals surface area contributed by atoms with Crippen LogP contribution in [-0.4, -0.2) is 42.5 Å². The maximum absolute atomic E-state index is 12.7. The Morgan fingerprint density at radius 2 is 1.73 bits per heavy atom. The van der Waals surface area contributed by atoms with E-state index in [0.717, 1.165) is 10.8 Å². The van der Waals surface area contributed by atoms with Gasteiger partial charge >= 0.3 is 11.9 Å². The van der Waals surface area contributed by atoms with E-state index < -0.39 is 23.8 Å². The van der Waals surface area contributed by atoms with Gasteiger partial charge in [-0.3, -0.25) is 4.79 Å². The minimum Gasteiger partial charge on any atom is -0.482 e. The number of aromatic nitrogens is 1. The van der Waals surface area contributed by atoms with Gasteiger partial charge < -0.3 is 19.2 Å². The van der Waals surface area contributed by atoms with Gasteiger partial charge in [-0.1, -0.05) is 30.3 Å². The molecule has 1 atom stereocenters. The molecule has 1 aromatic heterocycles. The Hall–Kier alpha value is -3.61. The molecule has 0 saturated carbocycles.